The van der Waals surface area contributed by atoms with E-state index in [1.54, 1.807) is 24.5 Å². The van der Waals surface area contributed by atoms with E-state index < -0.39 is 0 Å². The third kappa shape index (κ3) is 3.18. The van der Waals surface area contributed by atoms with E-state index in [1.807, 2.05) is 26.0 Å². The van der Waals surface area contributed by atoms with Crippen LogP contribution in [0.25, 0.3) is 0 Å². The smallest absolute Gasteiger partial charge is 0.257 e. The minimum Gasteiger partial charge on any atom is -0.383 e. The van der Waals surface area contributed by atoms with E-state index in [1.165, 1.54) is 0 Å². The van der Waals surface area contributed by atoms with Gasteiger partial charge in [-0.2, -0.15) is 5.26 Å². The predicted molar refractivity (Wildman–Crippen MR) is 82.2 cm³/mol. The van der Waals surface area contributed by atoms with Gasteiger partial charge in [0.05, 0.1) is 28.7 Å². The highest BCUT2D eigenvalue weighted by molar-refractivity contribution is 6.08. The molecule has 5 heteroatoms. The van der Waals surface area contributed by atoms with Crippen LogP contribution in [-0.4, -0.2) is 17.4 Å². The van der Waals surface area contributed by atoms with Crippen LogP contribution in [0.1, 0.15) is 28.4 Å². The van der Waals surface area contributed by atoms with Gasteiger partial charge in [-0.15, -0.1) is 0 Å². The fourth-order valence-corrected chi connectivity index (χ4v) is 2.03. The predicted octanol–water partition coefficient (Wildman–Crippen LogP) is 2.95. The van der Waals surface area contributed by atoms with Gasteiger partial charge in [-0.3, -0.25) is 9.78 Å². The standard InChI is InChI=1S/C16H16N4O/c1-3-19-15-10-18-8-7-12(15)16(21)20-14-6-4-5-11(2)13(14)9-17/h4-8,10,19H,3H2,1-2H3,(H,20,21). The summed E-state index contributed by atoms with van der Waals surface area (Å²) < 4.78 is 0. The Hall–Kier alpha value is -2.87. The van der Waals surface area contributed by atoms with E-state index in [0.29, 0.717) is 29.0 Å². The molecule has 1 aromatic carbocycles. The number of hydrogen-bond donors (Lipinski definition) is 2. The first kappa shape index (κ1) is 14.5. The molecule has 0 aliphatic carbocycles. The molecule has 0 saturated heterocycles. The van der Waals surface area contributed by atoms with Crippen LogP contribution in [-0.2, 0) is 0 Å². The van der Waals surface area contributed by atoms with Gasteiger partial charge in [-0.1, -0.05) is 12.1 Å². The number of pyridine rings is 1. The number of carbonyl (C=O) groups excluding carboxylic acids is 1. The highest BCUT2D eigenvalue weighted by atomic mass is 16.1. The van der Waals surface area contributed by atoms with Crippen LogP contribution in [0.4, 0.5) is 11.4 Å². The monoisotopic (exact) mass is 280 g/mol. The lowest BCUT2D eigenvalue weighted by atomic mass is 10.1. The van der Waals surface area contributed by atoms with Crippen molar-refractivity contribution in [3.63, 3.8) is 0 Å². The molecule has 0 atom stereocenters. The second-order valence-corrected chi connectivity index (χ2v) is 4.51. The van der Waals surface area contributed by atoms with E-state index in [9.17, 15) is 10.1 Å². The van der Waals surface area contributed by atoms with E-state index in [2.05, 4.69) is 21.7 Å². The maximum atomic E-state index is 12.4. The van der Waals surface area contributed by atoms with Crippen molar-refractivity contribution in [2.24, 2.45) is 0 Å². The van der Waals surface area contributed by atoms with E-state index in [4.69, 9.17) is 0 Å². The lowest BCUT2D eigenvalue weighted by Gasteiger charge is -2.12. The molecular weight excluding hydrogens is 264 g/mol. The van der Waals surface area contributed by atoms with Crippen LogP contribution < -0.4 is 10.6 Å². The minimum atomic E-state index is -0.268. The van der Waals surface area contributed by atoms with Crippen LogP contribution in [0.15, 0.2) is 36.7 Å². The Kier molecular flexibility index (Phi) is 4.52. The van der Waals surface area contributed by atoms with Gasteiger partial charge in [0.15, 0.2) is 0 Å². The number of benzene rings is 1. The third-order valence-electron chi connectivity index (χ3n) is 3.07. The van der Waals surface area contributed by atoms with Crippen molar-refractivity contribution in [3.8, 4) is 6.07 Å². The summed E-state index contributed by atoms with van der Waals surface area (Å²) in [5, 5.41) is 15.1. The fraction of sp³-hybridized carbons (Fsp3) is 0.188. The zero-order chi connectivity index (χ0) is 15.2. The molecule has 1 heterocycles. The van der Waals surface area contributed by atoms with Gasteiger partial charge >= 0.3 is 0 Å². The normalized spacial score (nSPS) is 9.76. The quantitative estimate of drug-likeness (QED) is 0.902. The lowest BCUT2D eigenvalue weighted by molar-refractivity contribution is 0.102. The third-order valence-corrected chi connectivity index (χ3v) is 3.07. The average molecular weight is 280 g/mol. The summed E-state index contributed by atoms with van der Waals surface area (Å²) in [6.07, 6.45) is 3.18. The van der Waals surface area contributed by atoms with E-state index in [0.717, 1.165) is 5.56 Å². The topological polar surface area (TPSA) is 77.8 Å². The number of carbonyl (C=O) groups is 1. The number of aromatic nitrogens is 1. The summed E-state index contributed by atoms with van der Waals surface area (Å²) in [7, 11) is 0. The minimum absolute atomic E-state index is 0.268. The molecule has 0 fully saturated rings. The number of rotatable bonds is 4. The molecule has 1 amide bonds. The van der Waals surface area contributed by atoms with Gasteiger partial charge in [0.25, 0.3) is 5.91 Å². The second-order valence-electron chi connectivity index (χ2n) is 4.51. The molecule has 2 N–H and O–H groups in total. The molecule has 106 valence electrons. The fourth-order valence-electron chi connectivity index (χ4n) is 2.03. The van der Waals surface area contributed by atoms with Gasteiger partial charge in [0.1, 0.15) is 6.07 Å². The second kappa shape index (κ2) is 6.53. The summed E-state index contributed by atoms with van der Waals surface area (Å²) in [6.45, 7) is 4.48. The van der Waals surface area contributed by atoms with Gasteiger partial charge < -0.3 is 10.6 Å². The van der Waals surface area contributed by atoms with Crippen LogP contribution >= 0.6 is 0 Å². The molecule has 2 aromatic rings. The first-order valence-electron chi connectivity index (χ1n) is 6.66. The molecule has 0 radical (unpaired) electrons. The number of amides is 1. The summed E-state index contributed by atoms with van der Waals surface area (Å²) >= 11 is 0. The number of nitrogens with one attached hydrogen (secondary N) is 2. The van der Waals surface area contributed by atoms with E-state index in [-0.39, 0.29) is 5.91 Å². The van der Waals surface area contributed by atoms with Crippen molar-refractivity contribution < 1.29 is 4.79 Å². The van der Waals surface area contributed by atoms with Crippen molar-refractivity contribution in [3.05, 3.63) is 53.3 Å². The molecule has 0 unspecified atom stereocenters. The van der Waals surface area contributed by atoms with Crippen molar-refractivity contribution in [1.82, 2.24) is 4.98 Å². The van der Waals surface area contributed by atoms with Gasteiger partial charge in [-0.25, -0.2) is 0 Å². The number of aryl methyl sites for hydroxylation is 1. The molecule has 1 aromatic heterocycles. The summed E-state index contributed by atoms with van der Waals surface area (Å²) in [6, 6.07) is 9.13. The van der Waals surface area contributed by atoms with Crippen molar-refractivity contribution in [1.29, 1.82) is 5.26 Å². The van der Waals surface area contributed by atoms with Gasteiger partial charge in [0, 0.05) is 12.7 Å². The Bertz CT molecular complexity index is 704. The molecule has 0 bridgehead atoms. The maximum absolute atomic E-state index is 12.4. The molecule has 0 spiro atoms. The number of nitriles is 1. The molecule has 0 aliphatic heterocycles. The molecule has 0 saturated carbocycles. The van der Waals surface area contributed by atoms with Crippen molar-refractivity contribution in [2.45, 2.75) is 13.8 Å². The number of anilines is 2. The summed E-state index contributed by atoms with van der Waals surface area (Å²) in [4.78, 5) is 16.4. The molecule has 2 rings (SSSR count). The van der Waals surface area contributed by atoms with Crippen LogP contribution in [0.2, 0.25) is 0 Å². The van der Waals surface area contributed by atoms with Gasteiger partial charge in [-0.05, 0) is 31.5 Å². The largest absolute Gasteiger partial charge is 0.383 e. The SMILES string of the molecule is CCNc1cnccc1C(=O)Nc1cccc(C)c1C#N. The lowest BCUT2D eigenvalue weighted by Crippen LogP contribution is -2.16. The highest BCUT2D eigenvalue weighted by Crippen LogP contribution is 2.21. The molecule has 21 heavy (non-hydrogen) atoms. The zero-order valence-electron chi connectivity index (χ0n) is 12.0. The molecule has 0 aliphatic rings. The number of hydrogen-bond acceptors (Lipinski definition) is 4. The molecular formula is C16H16N4O. The Labute approximate surface area is 123 Å². The maximum Gasteiger partial charge on any atom is 0.257 e. The van der Waals surface area contributed by atoms with Crippen LogP contribution in [0.3, 0.4) is 0 Å². The van der Waals surface area contributed by atoms with E-state index >= 15 is 0 Å². The van der Waals surface area contributed by atoms with Crippen molar-refractivity contribution in [2.75, 3.05) is 17.2 Å². The summed E-state index contributed by atoms with van der Waals surface area (Å²) in [5.41, 5.74) is 2.99. The van der Waals surface area contributed by atoms with Crippen LogP contribution in [0, 0.1) is 18.3 Å². The highest BCUT2D eigenvalue weighted by Gasteiger charge is 2.13. The van der Waals surface area contributed by atoms with Crippen LogP contribution in [0.5, 0.6) is 0 Å². The molecule has 5 nitrogen and oxygen atoms in total. The Morgan fingerprint density at radius 2 is 2.14 bits per heavy atom. The first-order valence-corrected chi connectivity index (χ1v) is 6.66. The number of nitrogens with zero attached hydrogens (tertiary/aromatic N) is 2. The zero-order valence-corrected chi connectivity index (χ0v) is 12.0. The van der Waals surface area contributed by atoms with Gasteiger partial charge in [0.2, 0.25) is 0 Å². The Balaban J connectivity index is 2.31. The summed E-state index contributed by atoms with van der Waals surface area (Å²) in [5.74, 6) is -0.268. The average Bonchev–Trinajstić information content (AvgIpc) is 2.48. The Morgan fingerprint density at radius 3 is 2.86 bits per heavy atom. The van der Waals surface area contributed by atoms with Crippen molar-refractivity contribution >= 4 is 17.3 Å². The Morgan fingerprint density at radius 1 is 1.33 bits per heavy atom. The first-order chi connectivity index (χ1) is 10.2.